The van der Waals surface area contributed by atoms with Crippen LogP contribution in [0.15, 0.2) is 36.9 Å². The lowest BCUT2D eigenvalue weighted by Gasteiger charge is -2.02. The maximum absolute atomic E-state index is 10.5. The Labute approximate surface area is 98.2 Å². The van der Waals surface area contributed by atoms with Crippen molar-refractivity contribution in [2.45, 2.75) is 12.8 Å². The minimum Gasteiger partial charge on any atom is -0.481 e. The molecule has 0 radical (unpaired) electrons. The third-order valence-electron chi connectivity index (χ3n) is 2.31. The van der Waals surface area contributed by atoms with Crippen LogP contribution in [0.5, 0.6) is 0 Å². The van der Waals surface area contributed by atoms with Crippen LogP contribution in [0.3, 0.4) is 0 Å². The van der Waals surface area contributed by atoms with E-state index in [2.05, 4.69) is 15.0 Å². The van der Waals surface area contributed by atoms with Gasteiger partial charge in [0.15, 0.2) is 5.82 Å². The van der Waals surface area contributed by atoms with E-state index in [1.54, 1.807) is 0 Å². The molecule has 2 aromatic rings. The second-order valence-electron chi connectivity index (χ2n) is 3.56. The number of carboxylic acid groups (broad SMARTS) is 1. The number of nitrogens with zero attached hydrogens (tertiary/aromatic N) is 3. The van der Waals surface area contributed by atoms with Crippen LogP contribution in [0.2, 0.25) is 0 Å². The number of hydrogen-bond donors (Lipinski definition) is 1. The van der Waals surface area contributed by atoms with Crippen molar-refractivity contribution in [3.63, 3.8) is 0 Å². The van der Waals surface area contributed by atoms with E-state index in [0.29, 0.717) is 12.2 Å². The van der Waals surface area contributed by atoms with Crippen LogP contribution in [-0.4, -0.2) is 26.0 Å². The van der Waals surface area contributed by atoms with E-state index in [0.717, 1.165) is 11.1 Å². The summed E-state index contributed by atoms with van der Waals surface area (Å²) >= 11 is 0. The summed E-state index contributed by atoms with van der Waals surface area (Å²) in [7, 11) is 0. The molecule has 0 aliphatic rings. The molecule has 5 nitrogen and oxygen atoms in total. The molecular formula is C12H11N3O2. The first-order valence-corrected chi connectivity index (χ1v) is 5.19. The fraction of sp³-hybridized carbons (Fsp3) is 0.167. The van der Waals surface area contributed by atoms with Gasteiger partial charge < -0.3 is 5.11 Å². The SMILES string of the molecule is O=C(O)CCc1cccc(-c2ncncn2)c1. The molecule has 2 rings (SSSR count). The van der Waals surface area contributed by atoms with Crippen LogP contribution in [0.4, 0.5) is 0 Å². The molecule has 0 spiro atoms. The monoisotopic (exact) mass is 229 g/mol. The molecule has 5 heteroatoms. The number of carbonyl (C=O) groups is 1. The summed E-state index contributed by atoms with van der Waals surface area (Å²) in [4.78, 5) is 22.3. The highest BCUT2D eigenvalue weighted by molar-refractivity contribution is 5.67. The Bertz CT molecular complexity index is 514. The Hall–Kier alpha value is -2.30. The molecule has 1 heterocycles. The van der Waals surface area contributed by atoms with Crippen LogP contribution in [0, 0.1) is 0 Å². The first-order chi connectivity index (χ1) is 8.25. The van der Waals surface area contributed by atoms with Gasteiger partial charge in [0.25, 0.3) is 0 Å². The highest BCUT2D eigenvalue weighted by Gasteiger charge is 2.03. The van der Waals surface area contributed by atoms with Crippen LogP contribution >= 0.6 is 0 Å². The summed E-state index contributed by atoms with van der Waals surface area (Å²) in [5.74, 6) is -0.201. The van der Waals surface area contributed by atoms with Crippen molar-refractivity contribution in [2.75, 3.05) is 0 Å². The first-order valence-electron chi connectivity index (χ1n) is 5.19. The Balaban J connectivity index is 2.20. The van der Waals surface area contributed by atoms with Gasteiger partial charge in [0.2, 0.25) is 0 Å². The van der Waals surface area contributed by atoms with Gasteiger partial charge in [-0.25, -0.2) is 15.0 Å². The zero-order chi connectivity index (χ0) is 12.1. The maximum Gasteiger partial charge on any atom is 0.303 e. The molecule has 0 amide bonds. The molecule has 0 aliphatic heterocycles. The van der Waals surface area contributed by atoms with Crippen molar-refractivity contribution in [3.05, 3.63) is 42.5 Å². The summed E-state index contributed by atoms with van der Waals surface area (Å²) in [6.45, 7) is 0. The number of rotatable bonds is 4. The number of aliphatic carboxylic acids is 1. The number of carboxylic acids is 1. The number of aromatic nitrogens is 3. The molecule has 0 bridgehead atoms. The second-order valence-corrected chi connectivity index (χ2v) is 3.56. The minimum atomic E-state index is -0.796. The zero-order valence-electron chi connectivity index (χ0n) is 9.08. The van der Waals surface area contributed by atoms with E-state index in [9.17, 15) is 4.79 Å². The van der Waals surface area contributed by atoms with Crippen LogP contribution in [0.1, 0.15) is 12.0 Å². The van der Waals surface area contributed by atoms with E-state index < -0.39 is 5.97 Å². The molecule has 86 valence electrons. The quantitative estimate of drug-likeness (QED) is 0.860. The average Bonchev–Trinajstić information content (AvgIpc) is 2.38. The van der Waals surface area contributed by atoms with Gasteiger partial charge in [0.05, 0.1) is 0 Å². The summed E-state index contributed by atoms with van der Waals surface area (Å²) in [5, 5.41) is 8.63. The Morgan fingerprint density at radius 3 is 2.71 bits per heavy atom. The predicted molar refractivity (Wildman–Crippen MR) is 61.2 cm³/mol. The molecule has 1 aromatic heterocycles. The standard InChI is InChI=1S/C12H11N3O2/c16-11(17)5-4-9-2-1-3-10(6-9)12-14-7-13-8-15-12/h1-3,6-8H,4-5H2,(H,16,17). The molecule has 0 saturated heterocycles. The van der Waals surface area contributed by atoms with Gasteiger partial charge >= 0.3 is 5.97 Å². The van der Waals surface area contributed by atoms with E-state index in [-0.39, 0.29) is 6.42 Å². The Morgan fingerprint density at radius 2 is 2.00 bits per heavy atom. The number of hydrogen-bond acceptors (Lipinski definition) is 4. The van der Waals surface area contributed by atoms with Crippen LogP contribution < -0.4 is 0 Å². The second kappa shape index (κ2) is 5.16. The average molecular weight is 229 g/mol. The normalized spacial score (nSPS) is 10.1. The van der Waals surface area contributed by atoms with Gasteiger partial charge in [-0.15, -0.1) is 0 Å². The molecule has 1 N–H and O–H groups in total. The lowest BCUT2D eigenvalue weighted by Crippen LogP contribution is -1.97. The van der Waals surface area contributed by atoms with E-state index >= 15 is 0 Å². The predicted octanol–water partition coefficient (Wildman–Crippen LogP) is 1.56. The van der Waals surface area contributed by atoms with Gasteiger partial charge in [-0.05, 0) is 18.1 Å². The number of benzene rings is 1. The van der Waals surface area contributed by atoms with Crippen molar-refractivity contribution in [2.24, 2.45) is 0 Å². The van der Waals surface area contributed by atoms with Crippen LogP contribution in [-0.2, 0) is 11.2 Å². The van der Waals surface area contributed by atoms with E-state index in [1.165, 1.54) is 12.7 Å². The summed E-state index contributed by atoms with van der Waals surface area (Å²) in [6.07, 6.45) is 3.51. The zero-order valence-corrected chi connectivity index (χ0v) is 9.08. The van der Waals surface area contributed by atoms with Crippen molar-refractivity contribution >= 4 is 5.97 Å². The van der Waals surface area contributed by atoms with Gasteiger partial charge in [-0.1, -0.05) is 18.2 Å². The van der Waals surface area contributed by atoms with E-state index in [1.807, 2.05) is 24.3 Å². The van der Waals surface area contributed by atoms with Gasteiger partial charge in [-0.3, -0.25) is 4.79 Å². The van der Waals surface area contributed by atoms with E-state index in [4.69, 9.17) is 5.11 Å². The molecular weight excluding hydrogens is 218 g/mol. The van der Waals surface area contributed by atoms with Gasteiger partial charge in [-0.2, -0.15) is 0 Å². The van der Waals surface area contributed by atoms with Gasteiger partial charge in [0, 0.05) is 12.0 Å². The molecule has 0 aliphatic carbocycles. The molecule has 1 aromatic carbocycles. The fourth-order valence-electron chi connectivity index (χ4n) is 1.51. The highest BCUT2D eigenvalue weighted by atomic mass is 16.4. The van der Waals surface area contributed by atoms with Gasteiger partial charge in [0.1, 0.15) is 12.7 Å². The van der Waals surface area contributed by atoms with Crippen molar-refractivity contribution < 1.29 is 9.90 Å². The van der Waals surface area contributed by atoms with Crippen LogP contribution in [0.25, 0.3) is 11.4 Å². The number of aryl methyl sites for hydroxylation is 1. The van der Waals surface area contributed by atoms with Crippen molar-refractivity contribution in [1.82, 2.24) is 15.0 Å². The van der Waals surface area contributed by atoms with Crippen molar-refractivity contribution in [1.29, 1.82) is 0 Å². The lowest BCUT2D eigenvalue weighted by atomic mass is 10.1. The first kappa shape index (κ1) is 11.2. The van der Waals surface area contributed by atoms with Crippen molar-refractivity contribution in [3.8, 4) is 11.4 Å². The summed E-state index contributed by atoms with van der Waals surface area (Å²) in [5.41, 5.74) is 1.83. The third kappa shape index (κ3) is 3.07. The molecule has 0 unspecified atom stereocenters. The summed E-state index contributed by atoms with van der Waals surface area (Å²) in [6, 6.07) is 7.56. The molecule has 17 heavy (non-hydrogen) atoms. The topological polar surface area (TPSA) is 76.0 Å². The minimum absolute atomic E-state index is 0.126. The highest BCUT2D eigenvalue weighted by Crippen LogP contribution is 2.16. The lowest BCUT2D eigenvalue weighted by molar-refractivity contribution is -0.136. The maximum atomic E-state index is 10.5. The molecule has 0 saturated carbocycles. The third-order valence-corrected chi connectivity index (χ3v) is 2.31. The molecule has 0 fully saturated rings. The largest absolute Gasteiger partial charge is 0.481 e. The Kier molecular flexibility index (Phi) is 3.40. The Morgan fingerprint density at radius 1 is 1.24 bits per heavy atom. The fourth-order valence-corrected chi connectivity index (χ4v) is 1.51. The summed E-state index contributed by atoms with van der Waals surface area (Å²) < 4.78 is 0. The molecule has 0 atom stereocenters. The smallest absolute Gasteiger partial charge is 0.303 e.